The highest BCUT2D eigenvalue weighted by molar-refractivity contribution is 7.46. The molecule has 12 heteroatoms. The number of phosphoric acid groups is 1. The summed E-state index contributed by atoms with van der Waals surface area (Å²) in [6.07, 6.45) is 33.3. The zero-order valence-electron chi connectivity index (χ0n) is 32.0. The molecule has 1 fully saturated rings. The normalized spacial score (nSPS) is 21.0. The molecule has 11 nitrogen and oxygen atoms in total. The zero-order chi connectivity index (χ0) is 39.2. The van der Waals surface area contributed by atoms with E-state index in [0.29, 0.717) is 25.7 Å². The van der Waals surface area contributed by atoms with E-state index < -0.39 is 57.4 Å². The molecule has 0 spiro atoms. The largest absolute Gasteiger partial charge is 0.469 e. The lowest BCUT2D eigenvalue weighted by molar-refractivity contribution is -0.160. The number of carbonyl (C=O) groups is 2. The SMILES string of the molecule is CCCCC/C=C\C/C=C\C/C=C\C/C=C\CCCC(=O)OC[C@H](COP(=O)(O)O)OC(=O)C/C=C\C[C@H]1[C@@H](/C=C/[C@H](O)CCCCC)[C@H](O)C[C@@H]1O. The highest BCUT2D eigenvalue weighted by Crippen LogP contribution is 2.37. The quantitative estimate of drug-likeness (QED) is 0.0208. The Balaban J connectivity index is 2.42. The summed E-state index contributed by atoms with van der Waals surface area (Å²) in [4.78, 5) is 43.0. The van der Waals surface area contributed by atoms with Crippen LogP contribution in [0.2, 0.25) is 0 Å². The molecule has 0 aliphatic heterocycles. The molecule has 0 aromatic carbocycles. The molecular formula is C41H67O11P. The Morgan fingerprint density at radius 3 is 1.98 bits per heavy atom. The number of phosphoric ester groups is 1. The van der Waals surface area contributed by atoms with Crippen molar-refractivity contribution >= 4 is 19.8 Å². The Bertz CT molecular complexity index is 1200. The van der Waals surface area contributed by atoms with E-state index >= 15 is 0 Å². The number of carbonyl (C=O) groups excluding carboxylic acids is 2. The maximum absolute atomic E-state index is 12.5. The van der Waals surface area contributed by atoms with E-state index in [1.807, 2.05) is 12.2 Å². The number of ether oxygens (including phenoxy) is 2. The van der Waals surface area contributed by atoms with E-state index in [9.17, 15) is 29.5 Å². The minimum absolute atomic E-state index is 0.122. The van der Waals surface area contributed by atoms with Crippen LogP contribution in [0.4, 0.5) is 0 Å². The first kappa shape index (κ1) is 48.4. The molecule has 0 heterocycles. The molecule has 0 radical (unpaired) electrons. The number of allylic oxidation sites excluding steroid dienone is 9. The van der Waals surface area contributed by atoms with Gasteiger partial charge in [0.15, 0.2) is 6.10 Å². The minimum Gasteiger partial charge on any atom is -0.462 e. The van der Waals surface area contributed by atoms with E-state index in [0.717, 1.165) is 44.9 Å². The van der Waals surface area contributed by atoms with Gasteiger partial charge in [-0.25, -0.2) is 4.57 Å². The number of hydrogen-bond acceptors (Lipinski definition) is 9. The summed E-state index contributed by atoms with van der Waals surface area (Å²) in [6, 6.07) is 0. The van der Waals surface area contributed by atoms with Crippen LogP contribution in [0.25, 0.3) is 0 Å². The predicted octanol–water partition coefficient (Wildman–Crippen LogP) is 7.89. The summed E-state index contributed by atoms with van der Waals surface area (Å²) in [5.74, 6) is -1.91. The predicted molar refractivity (Wildman–Crippen MR) is 209 cm³/mol. The Kier molecular flexibility index (Phi) is 28.0. The average molecular weight is 767 g/mol. The monoisotopic (exact) mass is 766 g/mol. The van der Waals surface area contributed by atoms with Gasteiger partial charge in [-0.1, -0.05) is 119 Å². The standard InChI is InChI=1S/C41H67O11P/c1-3-5-7-8-9-10-11-12-13-14-15-16-17-18-19-20-22-27-40(45)50-32-35(33-51-53(47,48)49)52-41(46)28-24-23-26-36-37(39(44)31-38(36)43)30-29-34(42)25-21-6-4-2/h9-10,12-13,15-16,18-19,23-24,29-30,34-39,42-44H,3-8,11,14,17,20-22,25-28,31-33H2,1-2H3,(H2,47,48,49)/b10-9-,13-12-,16-15-,19-18-,24-23-,30-29+/t34-,35-,36+,37-,38+,39-/m1/s1. The number of aliphatic hydroxyl groups excluding tert-OH is 3. The van der Waals surface area contributed by atoms with Gasteiger partial charge in [-0.3, -0.25) is 14.1 Å². The lowest BCUT2D eigenvalue weighted by atomic mass is 9.89. The molecule has 1 aliphatic rings. The number of esters is 2. The molecule has 6 atom stereocenters. The van der Waals surface area contributed by atoms with Crippen LogP contribution in [0.5, 0.6) is 0 Å². The fraction of sp³-hybridized carbons (Fsp3) is 0.659. The van der Waals surface area contributed by atoms with Crippen LogP contribution in [-0.4, -0.2) is 74.7 Å². The molecule has 0 aromatic heterocycles. The van der Waals surface area contributed by atoms with E-state index in [1.54, 1.807) is 24.3 Å². The molecular weight excluding hydrogens is 699 g/mol. The van der Waals surface area contributed by atoms with Crippen LogP contribution in [0.3, 0.4) is 0 Å². The Morgan fingerprint density at radius 1 is 0.755 bits per heavy atom. The first-order valence-electron chi connectivity index (χ1n) is 19.5. The highest BCUT2D eigenvalue weighted by atomic mass is 31.2. The van der Waals surface area contributed by atoms with Crippen molar-refractivity contribution in [2.24, 2.45) is 11.8 Å². The second-order valence-electron chi connectivity index (χ2n) is 13.5. The first-order chi connectivity index (χ1) is 25.5. The molecule has 1 rings (SSSR count). The number of aliphatic hydroxyl groups is 3. The van der Waals surface area contributed by atoms with Crippen LogP contribution in [0, 0.1) is 11.8 Å². The van der Waals surface area contributed by atoms with E-state index in [1.165, 1.54) is 19.3 Å². The summed E-state index contributed by atoms with van der Waals surface area (Å²) in [5, 5.41) is 31.2. The van der Waals surface area contributed by atoms with Crippen molar-refractivity contribution in [2.75, 3.05) is 13.2 Å². The topological polar surface area (TPSA) is 180 Å². The molecule has 0 saturated heterocycles. The van der Waals surface area contributed by atoms with Crippen LogP contribution < -0.4 is 0 Å². The van der Waals surface area contributed by atoms with Crippen molar-refractivity contribution in [3.05, 3.63) is 72.9 Å². The minimum atomic E-state index is -4.86. The molecule has 0 amide bonds. The van der Waals surface area contributed by atoms with Gasteiger partial charge >= 0.3 is 19.8 Å². The Labute approximate surface area is 317 Å². The third-order valence-electron chi connectivity index (χ3n) is 8.80. The van der Waals surface area contributed by atoms with Gasteiger partial charge in [-0.15, -0.1) is 0 Å². The molecule has 1 aliphatic carbocycles. The Hall–Kier alpha value is -2.63. The van der Waals surface area contributed by atoms with E-state index in [2.05, 4.69) is 54.8 Å². The maximum atomic E-state index is 12.5. The summed E-state index contributed by atoms with van der Waals surface area (Å²) in [6.45, 7) is 3.20. The van der Waals surface area contributed by atoms with Gasteiger partial charge in [0.05, 0.1) is 31.3 Å². The lowest BCUT2D eigenvalue weighted by Crippen LogP contribution is -2.29. The van der Waals surface area contributed by atoms with E-state index in [4.69, 9.17) is 19.3 Å². The van der Waals surface area contributed by atoms with Gasteiger partial charge in [0.1, 0.15) is 6.61 Å². The second kappa shape index (κ2) is 30.7. The van der Waals surface area contributed by atoms with Crippen molar-refractivity contribution in [1.29, 1.82) is 0 Å². The molecule has 5 N–H and O–H groups in total. The number of unbranched alkanes of at least 4 members (excludes halogenated alkanes) is 6. The molecule has 302 valence electrons. The fourth-order valence-electron chi connectivity index (χ4n) is 5.81. The summed E-state index contributed by atoms with van der Waals surface area (Å²) in [7, 11) is -4.86. The van der Waals surface area contributed by atoms with Crippen molar-refractivity contribution in [3.8, 4) is 0 Å². The van der Waals surface area contributed by atoms with Crippen molar-refractivity contribution in [1.82, 2.24) is 0 Å². The summed E-state index contributed by atoms with van der Waals surface area (Å²) in [5.41, 5.74) is 0. The third kappa shape index (κ3) is 26.7. The maximum Gasteiger partial charge on any atom is 0.469 e. The first-order valence-corrected chi connectivity index (χ1v) is 21.0. The van der Waals surface area contributed by atoms with Gasteiger partial charge in [0.25, 0.3) is 0 Å². The van der Waals surface area contributed by atoms with Crippen LogP contribution in [0.15, 0.2) is 72.9 Å². The average Bonchev–Trinajstić information content (AvgIpc) is 3.38. The van der Waals surface area contributed by atoms with Gasteiger partial charge in [0.2, 0.25) is 0 Å². The summed E-state index contributed by atoms with van der Waals surface area (Å²) < 4.78 is 26.2. The number of hydrogen-bond donors (Lipinski definition) is 5. The lowest BCUT2D eigenvalue weighted by Gasteiger charge is -2.20. The second-order valence-corrected chi connectivity index (χ2v) is 14.8. The molecule has 53 heavy (non-hydrogen) atoms. The summed E-state index contributed by atoms with van der Waals surface area (Å²) >= 11 is 0. The molecule has 0 unspecified atom stereocenters. The van der Waals surface area contributed by atoms with Crippen LogP contribution >= 0.6 is 7.82 Å². The fourth-order valence-corrected chi connectivity index (χ4v) is 6.17. The molecule has 0 bridgehead atoms. The van der Waals surface area contributed by atoms with E-state index in [-0.39, 0.29) is 31.1 Å². The zero-order valence-corrected chi connectivity index (χ0v) is 32.9. The van der Waals surface area contributed by atoms with Gasteiger partial charge < -0.3 is 34.6 Å². The Morgan fingerprint density at radius 2 is 1.36 bits per heavy atom. The van der Waals surface area contributed by atoms with Gasteiger partial charge in [-0.05, 0) is 63.7 Å². The smallest absolute Gasteiger partial charge is 0.462 e. The number of rotatable bonds is 30. The van der Waals surface area contributed by atoms with Crippen LogP contribution in [0.1, 0.15) is 123 Å². The third-order valence-corrected chi connectivity index (χ3v) is 9.29. The van der Waals surface area contributed by atoms with Crippen molar-refractivity contribution < 1.29 is 53.3 Å². The molecule has 1 saturated carbocycles. The van der Waals surface area contributed by atoms with Crippen molar-refractivity contribution in [2.45, 2.75) is 147 Å². The molecule has 0 aromatic rings. The van der Waals surface area contributed by atoms with Gasteiger partial charge in [-0.2, -0.15) is 0 Å². The van der Waals surface area contributed by atoms with Crippen molar-refractivity contribution in [3.63, 3.8) is 0 Å². The van der Waals surface area contributed by atoms with Gasteiger partial charge in [0, 0.05) is 18.8 Å². The van der Waals surface area contributed by atoms with Crippen LogP contribution in [-0.2, 0) is 28.2 Å². The highest BCUT2D eigenvalue weighted by Gasteiger charge is 2.39.